The van der Waals surface area contributed by atoms with Crippen LogP contribution in [0.3, 0.4) is 0 Å². The summed E-state index contributed by atoms with van der Waals surface area (Å²) in [4.78, 5) is 4.28. The first kappa shape index (κ1) is 12.5. The predicted molar refractivity (Wildman–Crippen MR) is 70.2 cm³/mol. The van der Waals surface area contributed by atoms with Crippen LogP contribution in [0.4, 0.5) is 0 Å². The average molecular weight is 233 g/mol. The minimum Gasteiger partial charge on any atom is -0.271 e. The maximum atomic E-state index is 5.76. The molecule has 1 fully saturated rings. The zero-order chi connectivity index (χ0) is 12.1. The lowest BCUT2D eigenvalue weighted by Crippen LogP contribution is -2.33. The molecule has 0 saturated heterocycles. The van der Waals surface area contributed by atoms with Crippen molar-refractivity contribution in [1.82, 2.24) is 10.4 Å². The van der Waals surface area contributed by atoms with Gasteiger partial charge in [-0.3, -0.25) is 16.3 Å². The first-order valence-corrected chi connectivity index (χ1v) is 6.69. The van der Waals surface area contributed by atoms with Crippen molar-refractivity contribution >= 4 is 0 Å². The van der Waals surface area contributed by atoms with Crippen molar-refractivity contribution in [1.29, 1.82) is 0 Å². The molecule has 0 aliphatic heterocycles. The molecule has 3 heteroatoms. The summed E-state index contributed by atoms with van der Waals surface area (Å²) in [5.41, 5.74) is 5.44. The number of aromatic nitrogens is 1. The summed E-state index contributed by atoms with van der Waals surface area (Å²) < 4.78 is 0. The molecule has 1 saturated carbocycles. The highest BCUT2D eigenvalue weighted by Crippen LogP contribution is 2.32. The van der Waals surface area contributed by atoms with Gasteiger partial charge in [-0.25, -0.2) is 0 Å². The fraction of sp³-hybridized carbons (Fsp3) is 0.643. The van der Waals surface area contributed by atoms with E-state index in [-0.39, 0.29) is 6.04 Å². The lowest BCUT2D eigenvalue weighted by Gasteiger charge is -2.25. The van der Waals surface area contributed by atoms with E-state index < -0.39 is 0 Å². The number of hydrogen-bond donors (Lipinski definition) is 2. The van der Waals surface area contributed by atoms with Crippen LogP contribution < -0.4 is 11.3 Å². The van der Waals surface area contributed by atoms with Crippen molar-refractivity contribution in [3.05, 3.63) is 29.6 Å². The van der Waals surface area contributed by atoms with Crippen molar-refractivity contribution in [2.75, 3.05) is 0 Å². The van der Waals surface area contributed by atoms with Crippen molar-refractivity contribution in [2.24, 2.45) is 11.8 Å². The van der Waals surface area contributed by atoms with E-state index in [1.54, 1.807) is 0 Å². The zero-order valence-corrected chi connectivity index (χ0v) is 10.7. The van der Waals surface area contributed by atoms with Gasteiger partial charge in [0.15, 0.2) is 0 Å². The SMILES string of the molecule is Cc1cncc(C(NN)C2CCCCCC2)c1. The third-order valence-electron chi connectivity index (χ3n) is 3.81. The lowest BCUT2D eigenvalue weighted by atomic mass is 9.88. The maximum Gasteiger partial charge on any atom is 0.0503 e. The van der Waals surface area contributed by atoms with E-state index in [9.17, 15) is 0 Å². The molecule has 1 aromatic rings. The molecule has 17 heavy (non-hydrogen) atoms. The Hall–Kier alpha value is -0.930. The second-order valence-corrected chi connectivity index (χ2v) is 5.19. The van der Waals surface area contributed by atoms with Gasteiger partial charge in [0, 0.05) is 12.4 Å². The number of rotatable bonds is 3. The summed E-state index contributed by atoms with van der Waals surface area (Å²) in [7, 11) is 0. The molecule has 1 aromatic heterocycles. The molecule has 1 aliphatic carbocycles. The highest BCUT2D eigenvalue weighted by molar-refractivity contribution is 5.20. The average Bonchev–Trinajstić information content (AvgIpc) is 2.59. The molecule has 94 valence electrons. The molecule has 0 aromatic carbocycles. The Balaban J connectivity index is 2.14. The number of hydrazine groups is 1. The van der Waals surface area contributed by atoms with Gasteiger partial charge in [0.05, 0.1) is 6.04 Å². The summed E-state index contributed by atoms with van der Waals surface area (Å²) in [5.74, 6) is 6.42. The number of nitrogens with two attached hydrogens (primary N) is 1. The Morgan fingerprint density at radius 2 is 1.94 bits per heavy atom. The monoisotopic (exact) mass is 233 g/mol. The third-order valence-corrected chi connectivity index (χ3v) is 3.81. The molecule has 3 nitrogen and oxygen atoms in total. The molecule has 1 unspecified atom stereocenters. The van der Waals surface area contributed by atoms with Gasteiger partial charge in [0.2, 0.25) is 0 Å². The quantitative estimate of drug-likeness (QED) is 0.479. The van der Waals surface area contributed by atoms with E-state index in [1.807, 2.05) is 12.4 Å². The van der Waals surface area contributed by atoms with E-state index in [0.29, 0.717) is 5.92 Å². The standard InChI is InChI=1S/C14H23N3/c1-11-8-13(10-16-9-11)14(17-15)12-6-4-2-3-5-7-12/h8-10,12,14,17H,2-7,15H2,1H3. The summed E-state index contributed by atoms with van der Waals surface area (Å²) in [6, 6.07) is 2.46. The Morgan fingerprint density at radius 1 is 1.24 bits per heavy atom. The van der Waals surface area contributed by atoms with Crippen molar-refractivity contribution in [3.8, 4) is 0 Å². The molecule has 0 radical (unpaired) electrons. The van der Waals surface area contributed by atoms with Gasteiger partial charge < -0.3 is 0 Å². The summed E-state index contributed by atoms with van der Waals surface area (Å²) in [6.45, 7) is 2.08. The first-order valence-electron chi connectivity index (χ1n) is 6.69. The van der Waals surface area contributed by atoms with E-state index in [0.717, 1.165) is 0 Å². The second-order valence-electron chi connectivity index (χ2n) is 5.19. The Morgan fingerprint density at radius 3 is 2.53 bits per heavy atom. The molecular formula is C14H23N3. The Kier molecular flexibility index (Phi) is 4.51. The fourth-order valence-corrected chi connectivity index (χ4v) is 2.90. The van der Waals surface area contributed by atoms with Gasteiger partial charge in [0.25, 0.3) is 0 Å². The Bertz CT molecular complexity index is 343. The van der Waals surface area contributed by atoms with Gasteiger partial charge in [-0.15, -0.1) is 0 Å². The molecule has 0 spiro atoms. The number of aryl methyl sites for hydroxylation is 1. The molecular weight excluding hydrogens is 210 g/mol. The highest BCUT2D eigenvalue weighted by atomic mass is 15.2. The summed E-state index contributed by atoms with van der Waals surface area (Å²) in [6.07, 6.45) is 11.8. The highest BCUT2D eigenvalue weighted by Gasteiger charge is 2.23. The topological polar surface area (TPSA) is 50.9 Å². The lowest BCUT2D eigenvalue weighted by molar-refractivity contribution is 0.328. The largest absolute Gasteiger partial charge is 0.271 e. The number of nitrogens with zero attached hydrogens (tertiary/aromatic N) is 1. The van der Waals surface area contributed by atoms with Crippen molar-refractivity contribution in [3.63, 3.8) is 0 Å². The van der Waals surface area contributed by atoms with Gasteiger partial charge in [0.1, 0.15) is 0 Å². The minimum absolute atomic E-state index is 0.264. The summed E-state index contributed by atoms with van der Waals surface area (Å²) in [5, 5.41) is 0. The van der Waals surface area contributed by atoms with E-state index >= 15 is 0 Å². The van der Waals surface area contributed by atoms with Crippen LogP contribution >= 0.6 is 0 Å². The van der Waals surface area contributed by atoms with Gasteiger partial charge in [-0.2, -0.15) is 0 Å². The summed E-state index contributed by atoms with van der Waals surface area (Å²) >= 11 is 0. The van der Waals surface area contributed by atoms with Crippen LogP contribution in [0.5, 0.6) is 0 Å². The van der Waals surface area contributed by atoms with Gasteiger partial charge >= 0.3 is 0 Å². The number of pyridine rings is 1. The van der Waals surface area contributed by atoms with Crippen LogP contribution in [0.2, 0.25) is 0 Å². The molecule has 2 rings (SSSR count). The van der Waals surface area contributed by atoms with Crippen LogP contribution in [-0.4, -0.2) is 4.98 Å². The van der Waals surface area contributed by atoms with E-state index in [4.69, 9.17) is 5.84 Å². The number of nitrogens with one attached hydrogen (secondary N) is 1. The molecule has 0 amide bonds. The van der Waals surface area contributed by atoms with Crippen LogP contribution in [0.25, 0.3) is 0 Å². The fourth-order valence-electron chi connectivity index (χ4n) is 2.90. The zero-order valence-electron chi connectivity index (χ0n) is 10.7. The smallest absolute Gasteiger partial charge is 0.0503 e. The van der Waals surface area contributed by atoms with Gasteiger partial charge in [-0.1, -0.05) is 31.7 Å². The molecule has 3 N–H and O–H groups in total. The normalized spacial score (nSPS) is 19.9. The van der Waals surface area contributed by atoms with Gasteiger partial charge in [-0.05, 0) is 36.8 Å². The van der Waals surface area contributed by atoms with E-state index in [2.05, 4.69) is 23.4 Å². The van der Waals surface area contributed by atoms with Crippen LogP contribution in [0, 0.1) is 12.8 Å². The van der Waals surface area contributed by atoms with Crippen LogP contribution in [0.1, 0.15) is 55.7 Å². The molecule has 0 bridgehead atoms. The molecule has 1 heterocycles. The van der Waals surface area contributed by atoms with Crippen molar-refractivity contribution in [2.45, 2.75) is 51.5 Å². The number of hydrogen-bond acceptors (Lipinski definition) is 3. The van der Waals surface area contributed by atoms with Crippen LogP contribution in [0.15, 0.2) is 18.5 Å². The predicted octanol–water partition coefficient (Wildman–Crippen LogP) is 2.86. The second kappa shape index (κ2) is 6.12. The molecule has 1 atom stereocenters. The molecule has 1 aliphatic rings. The van der Waals surface area contributed by atoms with Crippen LogP contribution in [-0.2, 0) is 0 Å². The first-order chi connectivity index (χ1) is 8.31. The Labute approximate surface area is 104 Å². The minimum atomic E-state index is 0.264. The van der Waals surface area contributed by atoms with E-state index in [1.165, 1.54) is 49.7 Å². The maximum absolute atomic E-state index is 5.76. The third kappa shape index (κ3) is 3.27. The van der Waals surface area contributed by atoms with Crippen molar-refractivity contribution < 1.29 is 0 Å².